The van der Waals surface area contributed by atoms with Crippen molar-refractivity contribution in [2.24, 2.45) is 0 Å². The van der Waals surface area contributed by atoms with Crippen LogP contribution in [0.1, 0.15) is 29.0 Å². The quantitative estimate of drug-likeness (QED) is 0.910. The van der Waals surface area contributed by atoms with Gasteiger partial charge in [0.25, 0.3) is 5.91 Å². The summed E-state index contributed by atoms with van der Waals surface area (Å²) in [5, 5.41) is 3.54. The number of aromatic nitrogens is 1. The van der Waals surface area contributed by atoms with Crippen LogP contribution in [0.2, 0.25) is 0 Å². The smallest absolute Gasteiger partial charge is 0.255 e. The largest absolute Gasteiger partial charge is 0.368 e. The van der Waals surface area contributed by atoms with E-state index in [0.717, 1.165) is 43.6 Å². The topological polar surface area (TPSA) is 54.5 Å². The predicted molar refractivity (Wildman–Crippen MR) is 93.9 cm³/mol. The van der Waals surface area contributed by atoms with Crippen LogP contribution >= 0.6 is 11.3 Å². The molecule has 5 nitrogen and oxygen atoms in total. The summed E-state index contributed by atoms with van der Waals surface area (Å²) in [7, 11) is 0. The van der Waals surface area contributed by atoms with Crippen LogP contribution in [0.3, 0.4) is 0 Å². The van der Waals surface area contributed by atoms with E-state index < -0.39 is 0 Å². The Kier molecular flexibility index (Phi) is 4.78. The van der Waals surface area contributed by atoms with E-state index in [4.69, 9.17) is 4.74 Å². The molecule has 2 aliphatic rings. The summed E-state index contributed by atoms with van der Waals surface area (Å²) in [6.45, 7) is 3.03. The third kappa shape index (κ3) is 3.89. The molecule has 0 saturated carbocycles. The zero-order valence-electron chi connectivity index (χ0n) is 13.8. The number of halogens is 1. The van der Waals surface area contributed by atoms with Gasteiger partial charge in [-0.1, -0.05) is 12.1 Å². The molecule has 0 bridgehead atoms. The first-order valence-electron chi connectivity index (χ1n) is 8.55. The van der Waals surface area contributed by atoms with Gasteiger partial charge in [-0.2, -0.15) is 0 Å². The molecule has 0 radical (unpaired) electrons. The number of fused-ring (bicyclic) bond motifs is 1. The van der Waals surface area contributed by atoms with Gasteiger partial charge in [0.05, 0.1) is 5.69 Å². The van der Waals surface area contributed by atoms with Crippen molar-refractivity contribution in [3.8, 4) is 0 Å². The Morgan fingerprint density at radius 1 is 1.48 bits per heavy atom. The maximum absolute atomic E-state index is 13.3. The first-order valence-corrected chi connectivity index (χ1v) is 9.37. The van der Waals surface area contributed by atoms with E-state index >= 15 is 0 Å². The number of hydrogen-bond donors (Lipinski definition) is 1. The van der Waals surface area contributed by atoms with Crippen molar-refractivity contribution >= 4 is 22.4 Å². The molecule has 1 unspecified atom stereocenters. The Morgan fingerprint density at radius 3 is 3.20 bits per heavy atom. The van der Waals surface area contributed by atoms with Gasteiger partial charge >= 0.3 is 0 Å². The van der Waals surface area contributed by atoms with Crippen molar-refractivity contribution in [1.82, 2.24) is 9.88 Å². The minimum atomic E-state index is -0.342. The van der Waals surface area contributed by atoms with Gasteiger partial charge in [0.1, 0.15) is 11.9 Å². The molecule has 2 aliphatic heterocycles. The number of benzene rings is 1. The fourth-order valence-corrected chi connectivity index (χ4v) is 4.35. The van der Waals surface area contributed by atoms with Crippen LogP contribution in [-0.4, -0.2) is 35.0 Å². The minimum absolute atomic E-state index is 0.0970. The fraction of sp³-hybridized carbons (Fsp3) is 0.444. The van der Waals surface area contributed by atoms with Gasteiger partial charge in [0.15, 0.2) is 5.13 Å². The van der Waals surface area contributed by atoms with Gasteiger partial charge in [0.2, 0.25) is 0 Å². The molecule has 1 aromatic heterocycles. The number of hydrogen-bond acceptors (Lipinski definition) is 5. The van der Waals surface area contributed by atoms with Crippen molar-refractivity contribution in [2.75, 3.05) is 18.5 Å². The van der Waals surface area contributed by atoms with Crippen molar-refractivity contribution in [3.63, 3.8) is 0 Å². The summed E-state index contributed by atoms with van der Waals surface area (Å²) < 4.78 is 18.7. The molecule has 4 rings (SSSR count). The van der Waals surface area contributed by atoms with Crippen LogP contribution in [0, 0.1) is 5.82 Å². The van der Waals surface area contributed by atoms with Crippen LogP contribution in [0.15, 0.2) is 24.3 Å². The third-order valence-corrected chi connectivity index (χ3v) is 5.56. The number of nitrogens with one attached hydrogen (secondary N) is 1. The molecule has 1 atom stereocenters. The second kappa shape index (κ2) is 7.19. The number of anilines is 1. The van der Waals surface area contributed by atoms with Crippen LogP contribution in [-0.2, 0) is 29.0 Å². The van der Waals surface area contributed by atoms with Crippen LogP contribution < -0.4 is 5.32 Å². The number of ether oxygens (including phenoxy) is 1. The van der Waals surface area contributed by atoms with Gasteiger partial charge in [0, 0.05) is 37.5 Å². The Labute approximate surface area is 149 Å². The fourth-order valence-electron chi connectivity index (χ4n) is 3.30. The van der Waals surface area contributed by atoms with E-state index in [1.165, 1.54) is 22.3 Å². The highest BCUT2D eigenvalue weighted by Gasteiger charge is 2.26. The number of rotatable bonds is 4. The Hall–Kier alpha value is -1.83. The van der Waals surface area contributed by atoms with Crippen molar-refractivity contribution in [1.29, 1.82) is 0 Å². The Morgan fingerprint density at radius 2 is 2.40 bits per heavy atom. The second-order valence-corrected chi connectivity index (χ2v) is 7.55. The molecule has 2 aromatic rings. The monoisotopic (exact) mass is 361 g/mol. The molecular formula is C18H20FN3O2S. The highest BCUT2D eigenvalue weighted by atomic mass is 32.1. The lowest BCUT2D eigenvalue weighted by molar-refractivity contribution is -0.124. The number of thiazole rings is 1. The first kappa shape index (κ1) is 16.6. The molecular weight excluding hydrogens is 341 g/mol. The molecule has 132 valence electrons. The lowest BCUT2D eigenvalue weighted by Crippen LogP contribution is -2.29. The van der Waals surface area contributed by atoms with Gasteiger partial charge in [-0.3, -0.25) is 15.0 Å². The van der Waals surface area contributed by atoms with Crippen LogP contribution in [0.4, 0.5) is 9.52 Å². The van der Waals surface area contributed by atoms with E-state index in [9.17, 15) is 9.18 Å². The summed E-state index contributed by atoms with van der Waals surface area (Å²) in [5.41, 5.74) is 2.03. The van der Waals surface area contributed by atoms with Gasteiger partial charge in [-0.05, 0) is 30.5 Å². The molecule has 0 spiro atoms. The van der Waals surface area contributed by atoms with E-state index in [1.807, 2.05) is 6.07 Å². The highest BCUT2D eigenvalue weighted by molar-refractivity contribution is 7.15. The molecule has 1 fully saturated rings. The summed E-state index contributed by atoms with van der Waals surface area (Å²) in [6, 6.07) is 6.73. The SMILES string of the molecule is O=C(Nc1nc2c(s1)CN(Cc1cccc(F)c1)CC2)C1CCCO1. The average Bonchev–Trinajstić information content (AvgIpc) is 3.23. The Bertz CT molecular complexity index is 773. The van der Waals surface area contributed by atoms with E-state index in [-0.39, 0.29) is 17.8 Å². The van der Waals surface area contributed by atoms with Gasteiger partial charge in [-0.15, -0.1) is 11.3 Å². The second-order valence-electron chi connectivity index (χ2n) is 6.47. The highest BCUT2D eigenvalue weighted by Crippen LogP contribution is 2.29. The zero-order chi connectivity index (χ0) is 17.2. The zero-order valence-corrected chi connectivity index (χ0v) is 14.7. The van der Waals surface area contributed by atoms with Crippen molar-refractivity contribution in [2.45, 2.75) is 38.5 Å². The van der Waals surface area contributed by atoms with E-state index in [1.54, 1.807) is 12.1 Å². The third-order valence-electron chi connectivity index (χ3n) is 4.56. The number of carbonyl (C=O) groups is 1. The minimum Gasteiger partial charge on any atom is -0.368 e. The van der Waals surface area contributed by atoms with Crippen molar-refractivity contribution < 1.29 is 13.9 Å². The standard InChI is InChI=1S/C18H20FN3O2S/c19-13-4-1-3-12(9-13)10-22-7-6-14-16(11-22)25-18(20-14)21-17(23)15-5-2-8-24-15/h1,3-4,9,15H,2,5-8,10-11H2,(H,20,21,23). The molecule has 1 amide bonds. The van der Waals surface area contributed by atoms with E-state index in [0.29, 0.717) is 18.3 Å². The molecule has 3 heterocycles. The van der Waals surface area contributed by atoms with E-state index in [2.05, 4.69) is 15.2 Å². The maximum Gasteiger partial charge on any atom is 0.255 e. The number of amides is 1. The molecule has 0 aliphatic carbocycles. The molecule has 1 saturated heterocycles. The normalized spacial score (nSPS) is 20.4. The Balaban J connectivity index is 1.39. The first-order chi connectivity index (χ1) is 12.2. The van der Waals surface area contributed by atoms with Gasteiger partial charge < -0.3 is 4.74 Å². The van der Waals surface area contributed by atoms with Crippen molar-refractivity contribution in [3.05, 3.63) is 46.2 Å². The van der Waals surface area contributed by atoms with Crippen LogP contribution in [0.25, 0.3) is 0 Å². The summed E-state index contributed by atoms with van der Waals surface area (Å²) in [6.07, 6.45) is 2.21. The molecule has 25 heavy (non-hydrogen) atoms. The summed E-state index contributed by atoms with van der Waals surface area (Å²) in [4.78, 5) is 20.2. The lowest BCUT2D eigenvalue weighted by atomic mass is 10.1. The summed E-state index contributed by atoms with van der Waals surface area (Å²) >= 11 is 1.53. The molecule has 1 N–H and O–H groups in total. The maximum atomic E-state index is 13.3. The number of carbonyl (C=O) groups excluding carboxylic acids is 1. The summed E-state index contributed by atoms with van der Waals surface area (Å²) in [5.74, 6) is -0.299. The average molecular weight is 361 g/mol. The van der Waals surface area contributed by atoms with Gasteiger partial charge in [-0.25, -0.2) is 9.37 Å². The number of nitrogens with zero attached hydrogens (tertiary/aromatic N) is 2. The molecule has 7 heteroatoms. The lowest BCUT2D eigenvalue weighted by Gasteiger charge is -2.25. The molecule has 1 aromatic carbocycles. The predicted octanol–water partition coefficient (Wildman–Crippen LogP) is 2.96. The van der Waals surface area contributed by atoms with Crippen LogP contribution in [0.5, 0.6) is 0 Å².